The van der Waals surface area contributed by atoms with Crippen LogP contribution < -0.4 is 5.73 Å². The van der Waals surface area contributed by atoms with Gasteiger partial charge >= 0.3 is 0 Å². The van der Waals surface area contributed by atoms with Gasteiger partial charge in [-0.2, -0.15) is 0 Å². The topological polar surface area (TPSA) is 26.0 Å². The highest BCUT2D eigenvalue weighted by atomic mass is 32.1. The van der Waals surface area contributed by atoms with Crippen LogP contribution in [0.2, 0.25) is 0 Å². The van der Waals surface area contributed by atoms with E-state index in [-0.39, 0.29) is 6.04 Å². The molecule has 1 atom stereocenters. The highest BCUT2D eigenvalue weighted by Gasteiger charge is 2.17. The molecule has 100 valence electrons. The van der Waals surface area contributed by atoms with Crippen LogP contribution in [-0.2, 0) is 19.3 Å². The van der Waals surface area contributed by atoms with Gasteiger partial charge in [0.15, 0.2) is 0 Å². The van der Waals surface area contributed by atoms with Crippen LogP contribution in [0.5, 0.6) is 0 Å². The van der Waals surface area contributed by atoms with Crippen LogP contribution in [0.1, 0.15) is 45.3 Å². The Kier molecular flexibility index (Phi) is 3.72. The molecule has 0 amide bonds. The summed E-state index contributed by atoms with van der Waals surface area (Å²) in [5, 5.41) is 0. The summed E-state index contributed by atoms with van der Waals surface area (Å²) in [4.78, 5) is 2.96. The van der Waals surface area contributed by atoms with Gasteiger partial charge in [0.2, 0.25) is 0 Å². The van der Waals surface area contributed by atoms with Gasteiger partial charge in [0.25, 0.3) is 0 Å². The smallest absolute Gasteiger partial charge is 0.0430 e. The molecule has 1 heterocycles. The number of benzene rings is 1. The van der Waals surface area contributed by atoms with Gasteiger partial charge in [-0.25, -0.2) is 0 Å². The van der Waals surface area contributed by atoms with Crippen LogP contribution in [-0.4, -0.2) is 0 Å². The van der Waals surface area contributed by atoms with E-state index >= 15 is 0 Å². The van der Waals surface area contributed by atoms with Crippen LogP contribution in [0.3, 0.4) is 0 Å². The van der Waals surface area contributed by atoms with Crippen molar-refractivity contribution in [1.82, 2.24) is 0 Å². The van der Waals surface area contributed by atoms with Crippen molar-refractivity contribution in [2.24, 2.45) is 5.73 Å². The maximum absolute atomic E-state index is 6.42. The molecule has 1 aliphatic carbocycles. The second kappa shape index (κ2) is 5.48. The predicted octanol–water partition coefficient (Wildman–Crippen LogP) is 4.18. The molecule has 0 fully saturated rings. The van der Waals surface area contributed by atoms with Crippen molar-refractivity contribution < 1.29 is 0 Å². The SMILES string of the molecule is Cc1ccccc1CC(N)c1cc2c(s1)CCCC2. The normalized spacial score (nSPS) is 16.1. The lowest BCUT2D eigenvalue weighted by molar-refractivity contribution is 0.695. The van der Waals surface area contributed by atoms with E-state index in [1.165, 1.54) is 41.7 Å². The Morgan fingerprint density at radius 2 is 2.00 bits per heavy atom. The molecule has 19 heavy (non-hydrogen) atoms. The summed E-state index contributed by atoms with van der Waals surface area (Å²) in [6, 6.07) is 11.1. The first-order valence-corrected chi connectivity index (χ1v) is 7.97. The summed E-state index contributed by atoms with van der Waals surface area (Å²) in [7, 11) is 0. The fourth-order valence-corrected chi connectivity index (χ4v) is 4.13. The van der Waals surface area contributed by atoms with Crippen molar-refractivity contribution in [1.29, 1.82) is 0 Å². The van der Waals surface area contributed by atoms with Crippen molar-refractivity contribution in [2.75, 3.05) is 0 Å². The minimum atomic E-state index is 0.150. The third-order valence-electron chi connectivity index (χ3n) is 4.08. The summed E-state index contributed by atoms with van der Waals surface area (Å²) in [5.41, 5.74) is 10.7. The standard InChI is InChI=1S/C17H21NS/c1-12-6-2-3-7-13(12)10-15(18)17-11-14-8-4-5-9-16(14)19-17/h2-3,6-7,11,15H,4-5,8-10,18H2,1H3. The first kappa shape index (κ1) is 12.9. The lowest BCUT2D eigenvalue weighted by Crippen LogP contribution is -2.12. The van der Waals surface area contributed by atoms with Gasteiger partial charge in [0, 0.05) is 15.8 Å². The number of aryl methyl sites for hydroxylation is 3. The summed E-state index contributed by atoms with van der Waals surface area (Å²) < 4.78 is 0. The molecule has 0 spiro atoms. The largest absolute Gasteiger partial charge is 0.323 e. The second-order valence-electron chi connectivity index (χ2n) is 5.54. The van der Waals surface area contributed by atoms with Crippen molar-refractivity contribution >= 4 is 11.3 Å². The number of hydrogen-bond donors (Lipinski definition) is 1. The predicted molar refractivity (Wildman–Crippen MR) is 82.8 cm³/mol. The van der Waals surface area contributed by atoms with E-state index in [1.807, 2.05) is 11.3 Å². The number of nitrogens with two attached hydrogens (primary N) is 1. The lowest BCUT2D eigenvalue weighted by Gasteiger charge is -2.11. The molecule has 3 rings (SSSR count). The van der Waals surface area contributed by atoms with Crippen LogP contribution >= 0.6 is 11.3 Å². The van der Waals surface area contributed by atoms with Crippen molar-refractivity contribution in [3.05, 3.63) is 56.8 Å². The van der Waals surface area contributed by atoms with Gasteiger partial charge in [0.05, 0.1) is 0 Å². The van der Waals surface area contributed by atoms with Gasteiger partial charge in [-0.05, 0) is 61.8 Å². The molecule has 2 N–H and O–H groups in total. The van der Waals surface area contributed by atoms with Crippen molar-refractivity contribution in [3.63, 3.8) is 0 Å². The molecule has 2 heteroatoms. The molecule has 1 aliphatic rings. The van der Waals surface area contributed by atoms with E-state index in [1.54, 1.807) is 10.4 Å². The molecular formula is C17H21NS. The van der Waals surface area contributed by atoms with Crippen LogP contribution in [0.4, 0.5) is 0 Å². The summed E-state index contributed by atoms with van der Waals surface area (Å²) >= 11 is 1.94. The Balaban J connectivity index is 1.79. The van der Waals surface area contributed by atoms with Crippen LogP contribution in [0, 0.1) is 6.92 Å². The molecule has 0 bridgehead atoms. The molecule has 0 saturated heterocycles. The molecule has 0 saturated carbocycles. The number of rotatable bonds is 3. The number of hydrogen-bond acceptors (Lipinski definition) is 2. The van der Waals surface area contributed by atoms with Crippen LogP contribution in [0.25, 0.3) is 0 Å². The zero-order valence-corrected chi connectivity index (χ0v) is 12.3. The molecule has 1 aromatic heterocycles. The molecule has 0 radical (unpaired) electrons. The van der Waals surface area contributed by atoms with Gasteiger partial charge in [-0.3, -0.25) is 0 Å². The van der Waals surface area contributed by atoms with Crippen LogP contribution in [0.15, 0.2) is 30.3 Å². The van der Waals surface area contributed by atoms with E-state index in [0.29, 0.717) is 0 Å². The maximum atomic E-state index is 6.42. The molecule has 1 unspecified atom stereocenters. The molecule has 1 nitrogen and oxygen atoms in total. The monoisotopic (exact) mass is 271 g/mol. The maximum Gasteiger partial charge on any atom is 0.0430 e. The minimum absolute atomic E-state index is 0.150. The first-order valence-electron chi connectivity index (χ1n) is 7.15. The van der Waals surface area contributed by atoms with E-state index in [2.05, 4.69) is 37.3 Å². The fourth-order valence-electron chi connectivity index (χ4n) is 2.87. The summed E-state index contributed by atoms with van der Waals surface area (Å²) in [6.07, 6.45) is 6.16. The Labute approximate surface area is 119 Å². The van der Waals surface area contributed by atoms with Gasteiger partial charge in [-0.1, -0.05) is 24.3 Å². The number of fused-ring (bicyclic) bond motifs is 1. The highest BCUT2D eigenvalue weighted by molar-refractivity contribution is 7.12. The zero-order chi connectivity index (χ0) is 13.2. The average Bonchev–Trinajstić information content (AvgIpc) is 2.85. The van der Waals surface area contributed by atoms with Gasteiger partial charge in [0.1, 0.15) is 0 Å². The van der Waals surface area contributed by atoms with E-state index in [9.17, 15) is 0 Å². The summed E-state index contributed by atoms with van der Waals surface area (Å²) in [6.45, 7) is 2.17. The minimum Gasteiger partial charge on any atom is -0.323 e. The Morgan fingerprint density at radius 1 is 1.21 bits per heavy atom. The van der Waals surface area contributed by atoms with Crippen molar-refractivity contribution in [2.45, 2.75) is 45.1 Å². The lowest BCUT2D eigenvalue weighted by atomic mass is 9.97. The second-order valence-corrected chi connectivity index (χ2v) is 6.71. The van der Waals surface area contributed by atoms with Crippen molar-refractivity contribution in [3.8, 4) is 0 Å². The van der Waals surface area contributed by atoms with Gasteiger partial charge in [-0.15, -0.1) is 11.3 Å². The third-order valence-corrected chi connectivity index (χ3v) is 5.45. The highest BCUT2D eigenvalue weighted by Crippen LogP contribution is 2.33. The summed E-state index contributed by atoms with van der Waals surface area (Å²) in [5.74, 6) is 0. The molecule has 0 aliphatic heterocycles. The molecule has 1 aromatic carbocycles. The zero-order valence-electron chi connectivity index (χ0n) is 11.5. The molecular weight excluding hydrogens is 250 g/mol. The Hall–Kier alpha value is -1.12. The average molecular weight is 271 g/mol. The fraction of sp³-hybridized carbons (Fsp3) is 0.412. The third kappa shape index (κ3) is 2.75. The Morgan fingerprint density at radius 3 is 2.79 bits per heavy atom. The van der Waals surface area contributed by atoms with E-state index in [4.69, 9.17) is 5.73 Å². The van der Waals surface area contributed by atoms with Gasteiger partial charge < -0.3 is 5.73 Å². The van der Waals surface area contributed by atoms with E-state index < -0.39 is 0 Å². The Bertz CT molecular complexity index is 547. The molecule has 2 aromatic rings. The number of thiophene rings is 1. The quantitative estimate of drug-likeness (QED) is 0.890. The van der Waals surface area contributed by atoms with E-state index in [0.717, 1.165) is 6.42 Å². The first-order chi connectivity index (χ1) is 9.24.